The lowest BCUT2D eigenvalue weighted by atomic mass is 10.2. The largest absolute Gasteiger partial charge is 0.348 e. The first-order chi connectivity index (χ1) is 13.5. The first-order valence-corrected chi connectivity index (χ1v) is 9.99. The SMILES string of the molecule is O=C(NCc1ccc(S(=O)(=O)c2ccccc2)cc1)c1cnc2[nH]ncc2c1. The zero-order valence-electron chi connectivity index (χ0n) is 14.7. The number of hydrogen-bond donors (Lipinski definition) is 2. The van der Waals surface area contributed by atoms with Gasteiger partial charge in [0, 0.05) is 18.1 Å². The highest BCUT2D eigenvalue weighted by Gasteiger charge is 2.17. The van der Waals surface area contributed by atoms with Crippen LogP contribution in [0.1, 0.15) is 15.9 Å². The van der Waals surface area contributed by atoms with Crippen molar-refractivity contribution >= 4 is 26.8 Å². The van der Waals surface area contributed by atoms with Crippen LogP contribution in [0.4, 0.5) is 0 Å². The third-order valence-electron chi connectivity index (χ3n) is 4.29. The molecule has 0 bridgehead atoms. The molecule has 1 amide bonds. The molecule has 0 saturated heterocycles. The molecule has 0 fully saturated rings. The maximum absolute atomic E-state index is 12.6. The maximum Gasteiger partial charge on any atom is 0.253 e. The number of rotatable bonds is 5. The van der Waals surface area contributed by atoms with E-state index in [9.17, 15) is 13.2 Å². The van der Waals surface area contributed by atoms with Gasteiger partial charge in [0.15, 0.2) is 5.65 Å². The van der Waals surface area contributed by atoms with E-state index in [2.05, 4.69) is 20.5 Å². The smallest absolute Gasteiger partial charge is 0.253 e. The number of sulfone groups is 1. The second kappa shape index (κ2) is 7.24. The fourth-order valence-electron chi connectivity index (χ4n) is 2.77. The van der Waals surface area contributed by atoms with Crippen molar-refractivity contribution in [1.82, 2.24) is 20.5 Å². The Bertz CT molecular complexity index is 1230. The van der Waals surface area contributed by atoms with Crippen LogP contribution in [0.15, 0.2) is 82.8 Å². The first-order valence-electron chi connectivity index (χ1n) is 8.50. The standard InChI is InChI=1S/C20H16N4O3S/c25-20(16-10-15-13-23-24-19(15)21-12-16)22-11-14-6-8-18(9-7-14)28(26,27)17-4-2-1-3-5-17/h1-10,12-13H,11H2,(H,22,25)(H,21,23,24). The zero-order chi connectivity index (χ0) is 19.6. The summed E-state index contributed by atoms with van der Waals surface area (Å²) < 4.78 is 25.2. The minimum absolute atomic E-state index is 0.211. The highest BCUT2D eigenvalue weighted by molar-refractivity contribution is 7.91. The molecule has 0 aliphatic rings. The number of H-pyrrole nitrogens is 1. The number of carbonyl (C=O) groups excluding carboxylic acids is 1. The van der Waals surface area contributed by atoms with Gasteiger partial charge in [-0.3, -0.25) is 9.89 Å². The molecule has 28 heavy (non-hydrogen) atoms. The van der Waals surface area contributed by atoms with Crippen LogP contribution in [0.25, 0.3) is 11.0 Å². The summed E-state index contributed by atoms with van der Waals surface area (Å²) in [5.41, 5.74) is 1.83. The second-order valence-corrected chi connectivity index (χ2v) is 8.12. The monoisotopic (exact) mass is 392 g/mol. The van der Waals surface area contributed by atoms with Crippen molar-refractivity contribution in [2.45, 2.75) is 16.3 Å². The Morgan fingerprint density at radius 2 is 1.68 bits per heavy atom. The topological polar surface area (TPSA) is 105 Å². The molecule has 0 aliphatic carbocycles. The van der Waals surface area contributed by atoms with Gasteiger partial charge >= 0.3 is 0 Å². The van der Waals surface area contributed by atoms with Crippen LogP contribution < -0.4 is 5.32 Å². The lowest BCUT2D eigenvalue weighted by Gasteiger charge is -2.08. The molecule has 0 aliphatic heterocycles. The van der Waals surface area contributed by atoms with Crippen LogP contribution in [0.2, 0.25) is 0 Å². The van der Waals surface area contributed by atoms with E-state index in [0.717, 1.165) is 10.9 Å². The van der Waals surface area contributed by atoms with E-state index >= 15 is 0 Å². The highest BCUT2D eigenvalue weighted by Crippen LogP contribution is 2.20. The molecule has 4 aromatic rings. The molecule has 0 radical (unpaired) electrons. The predicted octanol–water partition coefficient (Wildman–Crippen LogP) is 2.72. The number of carbonyl (C=O) groups is 1. The molecule has 4 rings (SSSR count). The Hall–Kier alpha value is -3.52. The van der Waals surface area contributed by atoms with Gasteiger partial charge in [0.25, 0.3) is 5.91 Å². The molecule has 2 N–H and O–H groups in total. The number of amides is 1. The summed E-state index contributed by atoms with van der Waals surface area (Å²) >= 11 is 0. The van der Waals surface area contributed by atoms with Crippen molar-refractivity contribution in [1.29, 1.82) is 0 Å². The Morgan fingerprint density at radius 1 is 0.964 bits per heavy atom. The number of hydrogen-bond acceptors (Lipinski definition) is 5. The molecule has 0 saturated carbocycles. The number of aromatic amines is 1. The van der Waals surface area contributed by atoms with Gasteiger partial charge in [-0.25, -0.2) is 13.4 Å². The fraction of sp³-hybridized carbons (Fsp3) is 0.0500. The zero-order valence-corrected chi connectivity index (χ0v) is 15.5. The minimum atomic E-state index is -3.55. The molecule has 0 atom stereocenters. The van der Waals surface area contributed by atoms with E-state index in [0.29, 0.717) is 11.2 Å². The quantitative estimate of drug-likeness (QED) is 0.543. The van der Waals surface area contributed by atoms with Gasteiger partial charge in [0.05, 0.1) is 21.6 Å². The van der Waals surface area contributed by atoms with Crippen molar-refractivity contribution in [3.05, 3.63) is 84.2 Å². The van der Waals surface area contributed by atoms with Crippen molar-refractivity contribution in [2.75, 3.05) is 0 Å². The molecular formula is C20H16N4O3S. The Morgan fingerprint density at radius 3 is 2.43 bits per heavy atom. The van der Waals surface area contributed by atoms with Crippen LogP contribution in [-0.4, -0.2) is 29.5 Å². The summed E-state index contributed by atoms with van der Waals surface area (Å²) in [5.74, 6) is -0.267. The summed E-state index contributed by atoms with van der Waals surface area (Å²) in [4.78, 5) is 16.9. The Labute approximate surface area is 161 Å². The van der Waals surface area contributed by atoms with Gasteiger partial charge in [-0.1, -0.05) is 30.3 Å². The fourth-order valence-corrected chi connectivity index (χ4v) is 4.05. The van der Waals surface area contributed by atoms with E-state index < -0.39 is 9.84 Å². The normalized spacial score (nSPS) is 11.4. The van der Waals surface area contributed by atoms with Gasteiger partial charge in [0.1, 0.15) is 0 Å². The summed E-state index contributed by atoms with van der Waals surface area (Å²) in [6.45, 7) is 0.272. The maximum atomic E-state index is 12.6. The molecule has 0 unspecified atom stereocenters. The Balaban J connectivity index is 1.45. The summed E-state index contributed by atoms with van der Waals surface area (Å²) in [7, 11) is -3.55. The van der Waals surface area contributed by atoms with E-state index in [1.165, 1.54) is 6.20 Å². The molecule has 2 aromatic heterocycles. The third kappa shape index (κ3) is 3.49. The number of fused-ring (bicyclic) bond motifs is 1. The first kappa shape index (κ1) is 17.9. The Kier molecular flexibility index (Phi) is 4.62. The molecule has 0 spiro atoms. The molecule has 2 aromatic carbocycles. The average Bonchev–Trinajstić information content (AvgIpc) is 3.21. The van der Waals surface area contributed by atoms with Gasteiger partial charge in [-0.2, -0.15) is 5.10 Å². The molecule has 2 heterocycles. The van der Waals surface area contributed by atoms with E-state index in [-0.39, 0.29) is 22.2 Å². The summed E-state index contributed by atoms with van der Waals surface area (Å²) in [6, 6.07) is 16.4. The number of nitrogens with zero attached hydrogens (tertiary/aromatic N) is 2. The van der Waals surface area contributed by atoms with E-state index in [1.807, 2.05) is 0 Å². The molecular weight excluding hydrogens is 376 g/mol. The van der Waals surface area contributed by atoms with Gasteiger partial charge in [0.2, 0.25) is 9.84 Å². The van der Waals surface area contributed by atoms with Crippen molar-refractivity contribution < 1.29 is 13.2 Å². The average molecular weight is 392 g/mol. The van der Waals surface area contributed by atoms with E-state index in [1.54, 1.807) is 66.9 Å². The third-order valence-corrected chi connectivity index (χ3v) is 6.08. The summed E-state index contributed by atoms with van der Waals surface area (Å²) in [6.07, 6.45) is 3.08. The van der Waals surface area contributed by atoms with Crippen LogP contribution >= 0.6 is 0 Å². The second-order valence-electron chi connectivity index (χ2n) is 6.17. The highest BCUT2D eigenvalue weighted by atomic mass is 32.2. The number of pyridine rings is 1. The number of aromatic nitrogens is 3. The molecule has 7 nitrogen and oxygen atoms in total. The van der Waals surface area contributed by atoms with Gasteiger partial charge < -0.3 is 5.32 Å². The predicted molar refractivity (Wildman–Crippen MR) is 103 cm³/mol. The van der Waals surface area contributed by atoms with Crippen LogP contribution in [0.5, 0.6) is 0 Å². The van der Waals surface area contributed by atoms with Crippen LogP contribution in [-0.2, 0) is 16.4 Å². The summed E-state index contributed by atoms with van der Waals surface area (Å²) in [5, 5.41) is 10.2. The van der Waals surface area contributed by atoms with E-state index in [4.69, 9.17) is 0 Å². The van der Waals surface area contributed by atoms with Gasteiger partial charge in [-0.15, -0.1) is 0 Å². The van der Waals surface area contributed by atoms with Crippen LogP contribution in [0.3, 0.4) is 0 Å². The molecule has 140 valence electrons. The number of benzene rings is 2. The minimum Gasteiger partial charge on any atom is -0.348 e. The van der Waals surface area contributed by atoms with Crippen molar-refractivity contribution in [3.8, 4) is 0 Å². The molecule has 8 heteroatoms. The number of nitrogens with one attached hydrogen (secondary N) is 2. The van der Waals surface area contributed by atoms with Crippen molar-refractivity contribution in [2.24, 2.45) is 0 Å². The van der Waals surface area contributed by atoms with Crippen molar-refractivity contribution in [3.63, 3.8) is 0 Å². The lowest BCUT2D eigenvalue weighted by Crippen LogP contribution is -2.22. The van der Waals surface area contributed by atoms with Gasteiger partial charge in [-0.05, 0) is 35.9 Å². The van der Waals surface area contributed by atoms with Crippen LogP contribution in [0, 0.1) is 0 Å². The lowest BCUT2D eigenvalue weighted by molar-refractivity contribution is 0.0950.